The van der Waals surface area contributed by atoms with Crippen molar-refractivity contribution in [3.8, 4) is 6.07 Å². The van der Waals surface area contributed by atoms with Crippen LogP contribution in [0.4, 0.5) is 5.69 Å². The normalized spacial score (nSPS) is 9.88. The van der Waals surface area contributed by atoms with E-state index in [0.29, 0.717) is 5.56 Å². The van der Waals surface area contributed by atoms with Crippen LogP contribution < -0.4 is 4.90 Å². The van der Waals surface area contributed by atoms with Gasteiger partial charge in [-0.25, -0.2) is 0 Å². The van der Waals surface area contributed by atoms with Gasteiger partial charge in [0, 0.05) is 17.6 Å². The molecular weight excluding hydrogens is 264 g/mol. The van der Waals surface area contributed by atoms with Crippen molar-refractivity contribution in [3.05, 3.63) is 28.2 Å². The minimum atomic E-state index is 0.696. The van der Waals surface area contributed by atoms with Gasteiger partial charge in [0.05, 0.1) is 17.3 Å². The van der Waals surface area contributed by atoms with Gasteiger partial charge in [0.2, 0.25) is 0 Å². The summed E-state index contributed by atoms with van der Waals surface area (Å²) in [6.45, 7) is 6.41. The lowest BCUT2D eigenvalue weighted by Crippen LogP contribution is -2.24. The van der Waals surface area contributed by atoms with E-state index in [-0.39, 0.29) is 0 Å². The van der Waals surface area contributed by atoms with Gasteiger partial charge in [-0.15, -0.1) is 0 Å². The Morgan fingerprint density at radius 1 is 1.38 bits per heavy atom. The molecule has 0 unspecified atom stereocenters. The first-order valence-electron chi connectivity index (χ1n) is 5.67. The van der Waals surface area contributed by atoms with Crippen molar-refractivity contribution in [1.82, 2.24) is 0 Å². The van der Waals surface area contributed by atoms with E-state index in [1.54, 1.807) is 0 Å². The van der Waals surface area contributed by atoms with Crippen LogP contribution in [0.5, 0.6) is 0 Å². The molecule has 0 heterocycles. The van der Waals surface area contributed by atoms with Crippen LogP contribution in [-0.2, 0) is 0 Å². The van der Waals surface area contributed by atoms with Crippen LogP contribution in [0.15, 0.2) is 22.7 Å². The highest BCUT2D eigenvalue weighted by Gasteiger charge is 2.08. The molecule has 2 nitrogen and oxygen atoms in total. The molecule has 0 bridgehead atoms. The molecule has 3 heteroatoms. The molecule has 0 N–H and O–H groups in total. The molecule has 0 spiro atoms. The third kappa shape index (κ3) is 3.24. The van der Waals surface area contributed by atoms with Gasteiger partial charge in [0.25, 0.3) is 0 Å². The molecule has 0 atom stereocenters. The lowest BCUT2D eigenvalue weighted by atomic mass is 10.2. The molecule has 0 aliphatic heterocycles. The van der Waals surface area contributed by atoms with Gasteiger partial charge in [0.15, 0.2) is 0 Å². The van der Waals surface area contributed by atoms with Crippen LogP contribution in [0.3, 0.4) is 0 Å². The monoisotopic (exact) mass is 280 g/mol. The molecule has 86 valence electrons. The fraction of sp³-hybridized carbons (Fsp3) is 0.462. The van der Waals surface area contributed by atoms with Crippen LogP contribution in [0.2, 0.25) is 0 Å². The van der Waals surface area contributed by atoms with Crippen LogP contribution >= 0.6 is 15.9 Å². The number of anilines is 1. The van der Waals surface area contributed by atoms with E-state index >= 15 is 0 Å². The maximum Gasteiger partial charge on any atom is 0.0992 e. The molecule has 1 aromatic carbocycles. The minimum Gasteiger partial charge on any atom is -0.371 e. The predicted octanol–water partition coefficient (Wildman–Crippen LogP) is 3.95. The maximum absolute atomic E-state index is 8.81. The summed E-state index contributed by atoms with van der Waals surface area (Å²) < 4.78 is 1.00. The molecule has 0 fully saturated rings. The third-order valence-corrected chi connectivity index (χ3v) is 3.22. The molecule has 0 saturated heterocycles. The quantitative estimate of drug-likeness (QED) is 0.817. The van der Waals surface area contributed by atoms with Gasteiger partial charge >= 0.3 is 0 Å². The SMILES string of the molecule is CCCCN(CC)c1ccc(C#N)cc1Br. The Hall–Kier alpha value is -1.01. The van der Waals surface area contributed by atoms with E-state index in [1.165, 1.54) is 18.5 Å². The van der Waals surface area contributed by atoms with E-state index in [0.717, 1.165) is 17.6 Å². The van der Waals surface area contributed by atoms with Gasteiger partial charge in [-0.1, -0.05) is 13.3 Å². The summed E-state index contributed by atoms with van der Waals surface area (Å²) in [5.41, 5.74) is 1.87. The summed E-state index contributed by atoms with van der Waals surface area (Å²) in [6, 6.07) is 7.91. The number of nitrogens with zero attached hydrogens (tertiary/aromatic N) is 2. The van der Waals surface area contributed by atoms with E-state index in [4.69, 9.17) is 5.26 Å². The van der Waals surface area contributed by atoms with Gasteiger partial charge in [-0.3, -0.25) is 0 Å². The van der Waals surface area contributed by atoms with Crippen molar-refractivity contribution in [2.45, 2.75) is 26.7 Å². The number of rotatable bonds is 5. The lowest BCUT2D eigenvalue weighted by Gasteiger charge is -2.24. The Kier molecular flexibility index (Phi) is 5.34. The van der Waals surface area contributed by atoms with Crippen molar-refractivity contribution < 1.29 is 0 Å². The second-order valence-electron chi connectivity index (χ2n) is 3.71. The van der Waals surface area contributed by atoms with Gasteiger partial charge in [-0.2, -0.15) is 5.26 Å². The first-order chi connectivity index (χ1) is 7.72. The molecule has 1 rings (SSSR count). The lowest BCUT2D eigenvalue weighted by molar-refractivity contribution is 0.731. The standard InChI is InChI=1S/C13H17BrN2/c1-3-5-8-16(4-2)13-7-6-11(10-15)9-12(13)14/h6-7,9H,3-5,8H2,1-2H3. The molecule has 0 radical (unpaired) electrons. The first-order valence-corrected chi connectivity index (χ1v) is 6.46. The van der Waals surface area contributed by atoms with E-state index in [1.807, 2.05) is 18.2 Å². The highest BCUT2D eigenvalue weighted by Crippen LogP contribution is 2.27. The summed E-state index contributed by atoms with van der Waals surface area (Å²) in [5.74, 6) is 0. The second-order valence-corrected chi connectivity index (χ2v) is 4.57. The first kappa shape index (κ1) is 13.1. The van der Waals surface area contributed by atoms with Gasteiger partial charge in [0.1, 0.15) is 0 Å². The second kappa shape index (κ2) is 6.55. The summed E-state index contributed by atoms with van der Waals surface area (Å²) in [6.07, 6.45) is 2.39. The van der Waals surface area contributed by atoms with Gasteiger partial charge in [-0.05, 0) is 47.5 Å². The summed E-state index contributed by atoms with van der Waals surface area (Å²) >= 11 is 3.53. The molecular formula is C13H17BrN2. The Balaban J connectivity index is 2.89. The Labute approximate surface area is 106 Å². The number of halogens is 1. The highest BCUT2D eigenvalue weighted by molar-refractivity contribution is 9.10. The fourth-order valence-electron chi connectivity index (χ4n) is 1.63. The molecule has 0 aliphatic carbocycles. The molecule has 1 aromatic rings. The summed E-state index contributed by atoms with van der Waals surface area (Å²) in [5, 5.41) is 8.81. The zero-order valence-electron chi connectivity index (χ0n) is 9.83. The maximum atomic E-state index is 8.81. The molecule has 0 saturated carbocycles. The fourth-order valence-corrected chi connectivity index (χ4v) is 2.26. The number of benzene rings is 1. The average Bonchev–Trinajstić information content (AvgIpc) is 2.31. The number of hydrogen-bond acceptors (Lipinski definition) is 2. The minimum absolute atomic E-state index is 0.696. The zero-order valence-corrected chi connectivity index (χ0v) is 11.4. The number of hydrogen-bond donors (Lipinski definition) is 0. The Morgan fingerprint density at radius 3 is 2.62 bits per heavy atom. The van der Waals surface area contributed by atoms with Crippen LogP contribution in [0.25, 0.3) is 0 Å². The molecule has 0 amide bonds. The smallest absolute Gasteiger partial charge is 0.0992 e. The highest BCUT2D eigenvalue weighted by atomic mass is 79.9. The summed E-state index contributed by atoms with van der Waals surface area (Å²) in [4.78, 5) is 2.33. The van der Waals surface area contributed by atoms with E-state index in [9.17, 15) is 0 Å². The van der Waals surface area contributed by atoms with Crippen molar-refractivity contribution in [1.29, 1.82) is 5.26 Å². The average molecular weight is 281 g/mol. The van der Waals surface area contributed by atoms with Crippen LogP contribution in [0, 0.1) is 11.3 Å². The molecule has 0 aromatic heterocycles. The van der Waals surface area contributed by atoms with E-state index < -0.39 is 0 Å². The van der Waals surface area contributed by atoms with Crippen molar-refractivity contribution in [3.63, 3.8) is 0 Å². The summed E-state index contributed by atoms with van der Waals surface area (Å²) in [7, 11) is 0. The van der Waals surface area contributed by atoms with Crippen LogP contribution in [-0.4, -0.2) is 13.1 Å². The third-order valence-electron chi connectivity index (χ3n) is 2.58. The Morgan fingerprint density at radius 2 is 2.12 bits per heavy atom. The molecule has 0 aliphatic rings. The van der Waals surface area contributed by atoms with E-state index in [2.05, 4.69) is 40.7 Å². The van der Waals surface area contributed by atoms with Gasteiger partial charge < -0.3 is 4.90 Å². The predicted molar refractivity (Wildman–Crippen MR) is 71.7 cm³/mol. The zero-order chi connectivity index (χ0) is 12.0. The number of nitriles is 1. The largest absolute Gasteiger partial charge is 0.371 e. The topological polar surface area (TPSA) is 27.0 Å². The van der Waals surface area contributed by atoms with Crippen molar-refractivity contribution in [2.24, 2.45) is 0 Å². The number of unbranched alkanes of at least 4 members (excludes halogenated alkanes) is 1. The van der Waals surface area contributed by atoms with Crippen LogP contribution in [0.1, 0.15) is 32.3 Å². The van der Waals surface area contributed by atoms with Crippen molar-refractivity contribution >= 4 is 21.6 Å². The van der Waals surface area contributed by atoms with Crippen molar-refractivity contribution in [2.75, 3.05) is 18.0 Å². The Bertz CT molecular complexity index is 382. The molecule has 16 heavy (non-hydrogen) atoms.